The molecule has 1 saturated carbocycles. The molecule has 3 rings (SSSR count). The maximum atomic E-state index is 3.43. The molecule has 1 heterocycles. The second-order valence-corrected chi connectivity index (χ2v) is 6.01. The van der Waals surface area contributed by atoms with Crippen molar-refractivity contribution in [2.75, 3.05) is 7.05 Å². The molecule has 1 aromatic carbocycles. The third kappa shape index (κ3) is 2.23. The van der Waals surface area contributed by atoms with Crippen LogP contribution in [0.15, 0.2) is 41.8 Å². The SMILES string of the molecule is CNC(c1cccc(C2CCC2)c1)c1cccs1. The van der Waals surface area contributed by atoms with Crippen molar-refractivity contribution in [3.05, 3.63) is 57.8 Å². The highest BCUT2D eigenvalue weighted by Gasteiger charge is 2.21. The second-order valence-electron chi connectivity index (χ2n) is 5.04. The summed E-state index contributed by atoms with van der Waals surface area (Å²) < 4.78 is 0. The van der Waals surface area contributed by atoms with Gasteiger partial charge in [0.25, 0.3) is 0 Å². The van der Waals surface area contributed by atoms with Gasteiger partial charge in [0.15, 0.2) is 0 Å². The van der Waals surface area contributed by atoms with Crippen molar-refractivity contribution in [2.45, 2.75) is 31.2 Å². The fourth-order valence-corrected chi connectivity index (χ4v) is 3.52. The number of thiophene rings is 1. The van der Waals surface area contributed by atoms with Gasteiger partial charge in [-0.3, -0.25) is 0 Å². The molecule has 0 spiro atoms. The molecule has 0 aliphatic heterocycles. The Bertz CT molecular complexity index is 500. The summed E-state index contributed by atoms with van der Waals surface area (Å²) in [5, 5.41) is 5.58. The molecule has 18 heavy (non-hydrogen) atoms. The average molecular weight is 257 g/mol. The normalized spacial score (nSPS) is 17.4. The first-order chi connectivity index (χ1) is 8.88. The van der Waals surface area contributed by atoms with Gasteiger partial charge >= 0.3 is 0 Å². The van der Waals surface area contributed by atoms with Crippen molar-refractivity contribution in [1.82, 2.24) is 5.32 Å². The van der Waals surface area contributed by atoms with Gasteiger partial charge in [0.1, 0.15) is 0 Å². The van der Waals surface area contributed by atoms with E-state index in [2.05, 4.69) is 47.1 Å². The standard InChI is InChI=1S/C16H19NS/c1-17-16(15-9-4-10-18-15)14-8-3-7-13(11-14)12-5-2-6-12/h3-4,7-12,16-17H,2,5-6H2,1H3. The molecule has 1 N–H and O–H groups in total. The van der Waals surface area contributed by atoms with Gasteiger partial charge in [-0.25, -0.2) is 0 Å². The molecule has 2 aromatic rings. The van der Waals surface area contributed by atoms with E-state index in [-0.39, 0.29) is 0 Å². The van der Waals surface area contributed by atoms with Crippen LogP contribution in [-0.2, 0) is 0 Å². The van der Waals surface area contributed by atoms with Crippen LogP contribution < -0.4 is 5.32 Å². The Morgan fingerprint density at radius 3 is 2.72 bits per heavy atom. The van der Waals surface area contributed by atoms with Crippen LogP contribution in [0.25, 0.3) is 0 Å². The molecule has 1 fully saturated rings. The zero-order chi connectivity index (χ0) is 12.4. The van der Waals surface area contributed by atoms with Gasteiger partial charge in [-0.05, 0) is 48.4 Å². The molecule has 1 aliphatic carbocycles. The first-order valence-corrected chi connectivity index (χ1v) is 7.57. The molecule has 0 saturated heterocycles. The van der Waals surface area contributed by atoms with Crippen LogP contribution in [0.3, 0.4) is 0 Å². The first kappa shape index (κ1) is 11.9. The van der Waals surface area contributed by atoms with Crippen molar-refractivity contribution in [3.63, 3.8) is 0 Å². The molecule has 0 bridgehead atoms. The van der Waals surface area contributed by atoms with E-state index in [4.69, 9.17) is 0 Å². The van der Waals surface area contributed by atoms with Crippen LogP contribution >= 0.6 is 11.3 Å². The fourth-order valence-electron chi connectivity index (χ4n) is 2.66. The summed E-state index contributed by atoms with van der Waals surface area (Å²) in [4.78, 5) is 1.39. The van der Waals surface area contributed by atoms with Crippen LogP contribution in [-0.4, -0.2) is 7.05 Å². The molecule has 2 heteroatoms. The second kappa shape index (κ2) is 5.25. The van der Waals surface area contributed by atoms with Crippen molar-refractivity contribution in [3.8, 4) is 0 Å². The van der Waals surface area contributed by atoms with Crippen LogP contribution in [0, 0.1) is 0 Å². The Morgan fingerprint density at radius 2 is 2.11 bits per heavy atom. The summed E-state index contributed by atoms with van der Waals surface area (Å²) in [6, 6.07) is 13.8. The average Bonchev–Trinajstić information content (AvgIpc) is 2.82. The van der Waals surface area contributed by atoms with Crippen LogP contribution in [0.5, 0.6) is 0 Å². The van der Waals surface area contributed by atoms with Gasteiger partial charge in [0.2, 0.25) is 0 Å². The number of hydrogen-bond donors (Lipinski definition) is 1. The van der Waals surface area contributed by atoms with Gasteiger partial charge in [0.05, 0.1) is 6.04 Å². The highest BCUT2D eigenvalue weighted by atomic mass is 32.1. The van der Waals surface area contributed by atoms with E-state index in [1.54, 1.807) is 0 Å². The molecule has 0 amide bonds. The van der Waals surface area contributed by atoms with Gasteiger partial charge in [-0.15, -0.1) is 11.3 Å². The zero-order valence-electron chi connectivity index (χ0n) is 10.7. The van der Waals surface area contributed by atoms with Crippen molar-refractivity contribution >= 4 is 11.3 Å². The summed E-state index contributed by atoms with van der Waals surface area (Å²) in [6.45, 7) is 0. The Hall–Kier alpha value is -1.12. The highest BCUT2D eigenvalue weighted by Crippen LogP contribution is 2.37. The van der Waals surface area contributed by atoms with Crippen LogP contribution in [0.2, 0.25) is 0 Å². The topological polar surface area (TPSA) is 12.0 Å². The smallest absolute Gasteiger partial charge is 0.0668 e. The maximum absolute atomic E-state index is 3.43. The molecule has 1 aromatic heterocycles. The van der Waals surface area contributed by atoms with Crippen LogP contribution in [0.1, 0.15) is 47.2 Å². The van der Waals surface area contributed by atoms with Crippen molar-refractivity contribution in [2.24, 2.45) is 0 Å². The Labute approximate surface area is 113 Å². The van der Waals surface area contributed by atoms with Crippen LogP contribution in [0.4, 0.5) is 0 Å². The van der Waals surface area contributed by atoms with E-state index in [0.29, 0.717) is 6.04 Å². The highest BCUT2D eigenvalue weighted by molar-refractivity contribution is 7.10. The van der Waals surface area contributed by atoms with E-state index in [1.807, 2.05) is 18.4 Å². The third-order valence-electron chi connectivity index (χ3n) is 3.94. The van der Waals surface area contributed by atoms with Gasteiger partial charge in [0, 0.05) is 4.88 Å². The lowest BCUT2D eigenvalue weighted by atomic mass is 9.79. The summed E-state index contributed by atoms with van der Waals surface area (Å²) in [7, 11) is 2.04. The summed E-state index contributed by atoms with van der Waals surface area (Å²) in [5.74, 6) is 0.811. The summed E-state index contributed by atoms with van der Waals surface area (Å²) in [5.41, 5.74) is 2.92. The lowest BCUT2D eigenvalue weighted by Gasteiger charge is -2.27. The summed E-state index contributed by atoms with van der Waals surface area (Å²) in [6.07, 6.45) is 4.13. The van der Waals surface area contributed by atoms with E-state index in [9.17, 15) is 0 Å². The first-order valence-electron chi connectivity index (χ1n) is 6.69. The number of nitrogens with one attached hydrogen (secondary N) is 1. The number of rotatable bonds is 4. The van der Waals surface area contributed by atoms with Gasteiger partial charge in [-0.2, -0.15) is 0 Å². The number of benzene rings is 1. The molecule has 1 aliphatic rings. The molecule has 0 radical (unpaired) electrons. The monoisotopic (exact) mass is 257 g/mol. The third-order valence-corrected chi connectivity index (χ3v) is 4.87. The van der Waals surface area contributed by atoms with E-state index < -0.39 is 0 Å². The quantitative estimate of drug-likeness (QED) is 0.860. The Morgan fingerprint density at radius 1 is 1.22 bits per heavy atom. The Balaban J connectivity index is 1.90. The lowest BCUT2D eigenvalue weighted by molar-refractivity contribution is 0.419. The molecular formula is C16H19NS. The van der Waals surface area contributed by atoms with Crippen molar-refractivity contribution < 1.29 is 0 Å². The fraction of sp³-hybridized carbons (Fsp3) is 0.375. The molecule has 1 atom stereocenters. The van der Waals surface area contributed by atoms with Gasteiger partial charge in [-0.1, -0.05) is 36.8 Å². The summed E-state index contributed by atoms with van der Waals surface area (Å²) >= 11 is 1.82. The van der Waals surface area contributed by atoms with E-state index in [0.717, 1.165) is 5.92 Å². The van der Waals surface area contributed by atoms with Gasteiger partial charge < -0.3 is 5.32 Å². The molecule has 1 unspecified atom stereocenters. The van der Waals surface area contributed by atoms with E-state index >= 15 is 0 Å². The zero-order valence-corrected chi connectivity index (χ0v) is 11.5. The maximum Gasteiger partial charge on any atom is 0.0668 e. The lowest BCUT2D eigenvalue weighted by Crippen LogP contribution is -2.17. The molecular weight excluding hydrogens is 238 g/mol. The van der Waals surface area contributed by atoms with Crippen molar-refractivity contribution in [1.29, 1.82) is 0 Å². The minimum absolute atomic E-state index is 0.338. The van der Waals surface area contributed by atoms with E-state index in [1.165, 1.54) is 35.3 Å². The molecule has 94 valence electrons. The molecule has 1 nitrogen and oxygen atoms in total. The predicted octanol–water partition coefficient (Wildman–Crippen LogP) is 4.32. The predicted molar refractivity (Wildman–Crippen MR) is 78.3 cm³/mol. The minimum Gasteiger partial charge on any atom is -0.309 e. The Kier molecular flexibility index (Phi) is 3.48. The number of hydrogen-bond acceptors (Lipinski definition) is 2. The minimum atomic E-state index is 0.338. The largest absolute Gasteiger partial charge is 0.309 e.